The van der Waals surface area contributed by atoms with E-state index in [2.05, 4.69) is 0 Å². The van der Waals surface area contributed by atoms with Crippen LogP contribution in [0.3, 0.4) is 0 Å². The average Bonchev–Trinajstić information content (AvgIpc) is 3.00. The second kappa shape index (κ2) is 6.92. The summed E-state index contributed by atoms with van der Waals surface area (Å²) >= 11 is 6.77. The fourth-order valence-corrected chi connectivity index (χ4v) is 3.44. The molecule has 3 rings (SSSR count). The van der Waals surface area contributed by atoms with E-state index >= 15 is 0 Å². The molecule has 2 N–H and O–H groups in total. The van der Waals surface area contributed by atoms with Gasteiger partial charge >= 0.3 is 0 Å². The van der Waals surface area contributed by atoms with Crippen molar-refractivity contribution < 1.29 is 9.72 Å². The van der Waals surface area contributed by atoms with Crippen LogP contribution in [0.1, 0.15) is 9.67 Å². The summed E-state index contributed by atoms with van der Waals surface area (Å²) < 4.78 is -0.0290. The number of nitro groups is 1. The van der Waals surface area contributed by atoms with E-state index in [-0.39, 0.29) is 14.9 Å². The number of carbonyl (C=O) groups is 1. The van der Waals surface area contributed by atoms with Crippen LogP contribution in [0.2, 0.25) is 4.34 Å². The molecule has 0 unspecified atom stereocenters. The molecular weight excluding hydrogens is 362 g/mol. The number of nitrogens with two attached hydrogens (primary N) is 1. The third-order valence-corrected chi connectivity index (χ3v) is 4.77. The normalized spacial score (nSPS) is 10.4. The van der Waals surface area contributed by atoms with E-state index in [9.17, 15) is 14.9 Å². The van der Waals surface area contributed by atoms with Gasteiger partial charge in [0.1, 0.15) is 4.88 Å². The monoisotopic (exact) mass is 373 g/mol. The summed E-state index contributed by atoms with van der Waals surface area (Å²) in [4.78, 5) is 25.1. The van der Waals surface area contributed by atoms with Crippen molar-refractivity contribution in [1.29, 1.82) is 0 Å². The first-order chi connectivity index (χ1) is 12.0. The second-order valence-corrected chi connectivity index (χ2v) is 6.75. The van der Waals surface area contributed by atoms with Crippen molar-refractivity contribution in [3.05, 3.63) is 80.0 Å². The molecule has 3 aromatic rings. The Morgan fingerprint density at radius 3 is 2.24 bits per heavy atom. The molecule has 6 nitrogen and oxygen atoms in total. The highest BCUT2D eigenvalue weighted by Gasteiger charge is 2.26. The van der Waals surface area contributed by atoms with Crippen LogP contribution in [0.15, 0.2) is 60.7 Å². The van der Waals surface area contributed by atoms with Gasteiger partial charge in [-0.2, -0.15) is 0 Å². The average molecular weight is 374 g/mol. The molecule has 0 aliphatic rings. The van der Waals surface area contributed by atoms with Gasteiger partial charge in [0.25, 0.3) is 11.6 Å². The van der Waals surface area contributed by atoms with Crippen LogP contribution in [-0.2, 0) is 0 Å². The summed E-state index contributed by atoms with van der Waals surface area (Å²) in [6.45, 7) is 0. The molecule has 0 aliphatic heterocycles. The Labute approximate surface area is 152 Å². The number of nitrogen functional groups attached to an aromatic ring is 1. The number of para-hydroxylation sites is 1. The van der Waals surface area contributed by atoms with Gasteiger partial charge in [0.2, 0.25) is 0 Å². The molecule has 126 valence electrons. The molecule has 0 saturated carbocycles. The fraction of sp³-hybridized carbons (Fsp3) is 0. The van der Waals surface area contributed by atoms with E-state index in [1.807, 2.05) is 6.07 Å². The lowest BCUT2D eigenvalue weighted by Crippen LogP contribution is -2.25. The van der Waals surface area contributed by atoms with Crippen LogP contribution in [0.4, 0.5) is 22.7 Å². The molecule has 0 atom stereocenters. The van der Waals surface area contributed by atoms with Gasteiger partial charge in [-0.05, 0) is 36.4 Å². The Bertz CT molecular complexity index is 926. The van der Waals surface area contributed by atoms with Crippen LogP contribution >= 0.6 is 22.9 Å². The Morgan fingerprint density at radius 2 is 1.68 bits per heavy atom. The van der Waals surface area contributed by atoms with Crippen LogP contribution < -0.4 is 10.6 Å². The van der Waals surface area contributed by atoms with Crippen molar-refractivity contribution >= 4 is 51.6 Å². The molecular formula is C17H12ClN3O3S. The van der Waals surface area contributed by atoms with Crippen LogP contribution in [0.25, 0.3) is 0 Å². The molecule has 0 bridgehead atoms. The van der Waals surface area contributed by atoms with Crippen molar-refractivity contribution in [2.75, 3.05) is 10.6 Å². The maximum absolute atomic E-state index is 13.0. The lowest BCUT2D eigenvalue weighted by Gasteiger charge is -2.22. The Kier molecular flexibility index (Phi) is 4.69. The maximum Gasteiger partial charge on any atom is 0.299 e. The Balaban J connectivity index is 2.08. The number of nitrogens with zero attached hydrogens (tertiary/aromatic N) is 2. The molecule has 0 radical (unpaired) electrons. The lowest BCUT2D eigenvalue weighted by molar-refractivity contribution is -0.384. The van der Waals surface area contributed by atoms with Crippen molar-refractivity contribution in [3.8, 4) is 0 Å². The van der Waals surface area contributed by atoms with Gasteiger partial charge in [0.15, 0.2) is 4.34 Å². The minimum Gasteiger partial charge on any atom is -0.399 e. The van der Waals surface area contributed by atoms with E-state index in [0.717, 1.165) is 11.3 Å². The SMILES string of the molecule is Nc1ccc(N(C(=O)c2cc([N+](=O)[O-])c(Cl)s2)c2ccccc2)cc1. The highest BCUT2D eigenvalue weighted by atomic mass is 35.5. The van der Waals surface area contributed by atoms with Crippen molar-refractivity contribution in [3.63, 3.8) is 0 Å². The first-order valence-electron chi connectivity index (χ1n) is 7.16. The third-order valence-electron chi connectivity index (χ3n) is 3.45. The largest absolute Gasteiger partial charge is 0.399 e. The molecule has 0 aliphatic carbocycles. The van der Waals surface area contributed by atoms with E-state index in [0.29, 0.717) is 17.1 Å². The zero-order valence-electron chi connectivity index (χ0n) is 12.8. The molecule has 0 saturated heterocycles. The van der Waals surface area contributed by atoms with Crippen LogP contribution in [0.5, 0.6) is 0 Å². The van der Waals surface area contributed by atoms with Gasteiger partial charge in [0.05, 0.1) is 4.92 Å². The molecule has 2 aromatic carbocycles. The minimum atomic E-state index is -0.605. The van der Waals surface area contributed by atoms with Gasteiger partial charge in [-0.15, -0.1) is 11.3 Å². The van der Waals surface area contributed by atoms with E-state index in [1.165, 1.54) is 11.0 Å². The fourth-order valence-electron chi connectivity index (χ4n) is 2.28. The number of carbonyl (C=O) groups excluding carboxylic acids is 1. The maximum atomic E-state index is 13.0. The molecule has 8 heteroatoms. The van der Waals surface area contributed by atoms with Gasteiger partial charge in [-0.25, -0.2) is 0 Å². The Hall–Kier alpha value is -2.90. The summed E-state index contributed by atoms with van der Waals surface area (Å²) in [6, 6.07) is 17.0. The van der Waals surface area contributed by atoms with Crippen molar-refractivity contribution in [2.45, 2.75) is 0 Å². The van der Waals surface area contributed by atoms with Crippen LogP contribution in [-0.4, -0.2) is 10.8 Å². The van der Waals surface area contributed by atoms with Gasteiger partial charge in [-0.3, -0.25) is 19.8 Å². The van der Waals surface area contributed by atoms with Crippen LogP contribution in [0, 0.1) is 10.1 Å². The summed E-state index contributed by atoms with van der Waals surface area (Å²) in [5.41, 5.74) is 7.23. The first kappa shape index (κ1) is 16.9. The lowest BCUT2D eigenvalue weighted by atomic mass is 10.2. The summed E-state index contributed by atoms with van der Waals surface area (Å²) in [7, 11) is 0. The number of hydrogen-bond acceptors (Lipinski definition) is 5. The molecule has 1 aromatic heterocycles. The summed E-state index contributed by atoms with van der Waals surface area (Å²) in [5.74, 6) is -0.407. The Morgan fingerprint density at radius 1 is 1.08 bits per heavy atom. The van der Waals surface area contributed by atoms with E-state index < -0.39 is 10.8 Å². The van der Waals surface area contributed by atoms with E-state index in [1.54, 1.807) is 48.5 Å². The zero-order chi connectivity index (χ0) is 18.0. The molecule has 0 fully saturated rings. The van der Waals surface area contributed by atoms with Gasteiger partial charge in [-0.1, -0.05) is 29.8 Å². The van der Waals surface area contributed by atoms with Crippen molar-refractivity contribution in [2.24, 2.45) is 0 Å². The number of amides is 1. The third kappa shape index (κ3) is 3.47. The molecule has 0 spiro atoms. The predicted octanol–water partition coefficient (Wildman–Crippen LogP) is 4.87. The van der Waals surface area contributed by atoms with Crippen molar-refractivity contribution in [1.82, 2.24) is 0 Å². The molecule has 1 amide bonds. The number of rotatable bonds is 4. The highest BCUT2D eigenvalue weighted by molar-refractivity contribution is 7.18. The number of hydrogen-bond donors (Lipinski definition) is 1. The van der Waals surface area contributed by atoms with Gasteiger partial charge < -0.3 is 5.73 Å². The number of anilines is 3. The smallest absolute Gasteiger partial charge is 0.299 e. The predicted molar refractivity (Wildman–Crippen MR) is 99.7 cm³/mol. The minimum absolute atomic E-state index is 0.0290. The molecule has 25 heavy (non-hydrogen) atoms. The van der Waals surface area contributed by atoms with Gasteiger partial charge in [0, 0.05) is 23.1 Å². The quantitative estimate of drug-likeness (QED) is 0.401. The summed E-state index contributed by atoms with van der Waals surface area (Å²) in [5, 5.41) is 11.0. The number of thiophene rings is 1. The number of benzene rings is 2. The van der Waals surface area contributed by atoms with E-state index in [4.69, 9.17) is 17.3 Å². The standard InChI is InChI=1S/C17H12ClN3O3S/c18-16-14(21(23)24)10-15(25-16)17(22)20(12-4-2-1-3-5-12)13-8-6-11(19)7-9-13/h1-10H,19H2. The number of halogens is 1. The summed E-state index contributed by atoms with van der Waals surface area (Å²) in [6.07, 6.45) is 0. The molecule has 1 heterocycles. The second-order valence-electron chi connectivity index (χ2n) is 5.09. The highest BCUT2D eigenvalue weighted by Crippen LogP contribution is 2.36. The zero-order valence-corrected chi connectivity index (χ0v) is 14.3. The first-order valence-corrected chi connectivity index (χ1v) is 8.35. The topological polar surface area (TPSA) is 89.5 Å².